The van der Waals surface area contributed by atoms with Crippen LogP contribution < -0.4 is 4.31 Å². The molecule has 0 saturated heterocycles. The van der Waals surface area contributed by atoms with Crippen LogP contribution in [0.25, 0.3) is 0 Å². The molecule has 8 heteroatoms. The van der Waals surface area contributed by atoms with E-state index < -0.39 is 16.0 Å². The van der Waals surface area contributed by atoms with Gasteiger partial charge in [-0.2, -0.15) is 0 Å². The molecule has 2 rings (SSSR count). The zero-order valence-corrected chi connectivity index (χ0v) is 16.5. The zero-order chi connectivity index (χ0) is 19.3. The predicted molar refractivity (Wildman–Crippen MR) is 104 cm³/mol. The fourth-order valence-electron chi connectivity index (χ4n) is 2.42. The van der Waals surface area contributed by atoms with E-state index in [9.17, 15) is 13.2 Å². The highest BCUT2D eigenvalue weighted by Gasteiger charge is 2.25. The fraction of sp³-hybridized carbons (Fsp3) is 0.278. The number of nitrogens with zero attached hydrogens (tertiary/aromatic N) is 1. The maximum absolute atomic E-state index is 13.1. The summed E-state index contributed by atoms with van der Waals surface area (Å²) < 4.78 is 27.4. The molecule has 0 radical (unpaired) electrons. The first-order valence-corrected chi connectivity index (χ1v) is 10.2. The molecule has 2 aromatic carbocycles. The number of aliphatic carboxylic acids is 1. The number of rotatable bonds is 8. The van der Waals surface area contributed by atoms with Gasteiger partial charge in [-0.05, 0) is 48.7 Å². The number of hydrogen-bond donors (Lipinski definition) is 1. The van der Waals surface area contributed by atoms with Crippen LogP contribution in [0.1, 0.15) is 25.3 Å². The molecule has 0 aromatic heterocycles. The number of carbonyl (C=O) groups is 1. The number of sulfonamides is 1. The minimum atomic E-state index is -3.91. The third-order valence-electron chi connectivity index (χ3n) is 3.86. The van der Waals surface area contributed by atoms with E-state index in [1.807, 2.05) is 19.1 Å². The standard InChI is InChI=1S/C18H19Cl2NO4S/c1-2-13-5-7-14(8-6-13)21(11-3-4-18(22)23)26(24,25)15-9-10-16(19)17(20)12-15/h5-10,12H,2-4,11H2,1H3,(H,22,23). The SMILES string of the molecule is CCc1ccc(N(CCCC(=O)O)S(=O)(=O)c2ccc(Cl)c(Cl)c2)cc1. The van der Waals surface area contributed by atoms with Crippen molar-refractivity contribution in [3.8, 4) is 0 Å². The van der Waals surface area contributed by atoms with Crippen LogP contribution in [-0.4, -0.2) is 26.0 Å². The highest BCUT2D eigenvalue weighted by atomic mass is 35.5. The molecular weight excluding hydrogens is 397 g/mol. The normalized spacial score (nSPS) is 11.3. The van der Waals surface area contributed by atoms with E-state index >= 15 is 0 Å². The number of anilines is 1. The largest absolute Gasteiger partial charge is 0.481 e. The summed E-state index contributed by atoms with van der Waals surface area (Å²) in [7, 11) is -3.91. The van der Waals surface area contributed by atoms with E-state index in [0.29, 0.717) is 5.69 Å². The zero-order valence-electron chi connectivity index (χ0n) is 14.2. The second-order valence-electron chi connectivity index (χ2n) is 5.67. The van der Waals surface area contributed by atoms with Crippen molar-refractivity contribution < 1.29 is 18.3 Å². The molecule has 0 bridgehead atoms. The van der Waals surface area contributed by atoms with E-state index in [-0.39, 0.29) is 34.3 Å². The van der Waals surface area contributed by atoms with Crippen molar-refractivity contribution in [3.05, 3.63) is 58.1 Å². The Bertz CT molecular complexity index is 883. The molecule has 26 heavy (non-hydrogen) atoms. The first-order valence-electron chi connectivity index (χ1n) is 8.04. The minimum Gasteiger partial charge on any atom is -0.481 e. The highest BCUT2D eigenvalue weighted by molar-refractivity contribution is 7.92. The molecule has 0 unspecified atom stereocenters. The Balaban J connectivity index is 2.42. The van der Waals surface area contributed by atoms with Gasteiger partial charge in [0.15, 0.2) is 0 Å². The molecule has 0 saturated carbocycles. The predicted octanol–water partition coefficient (Wildman–Crippen LogP) is 4.62. The summed E-state index contributed by atoms with van der Waals surface area (Å²) in [5.41, 5.74) is 1.55. The molecule has 0 aliphatic carbocycles. The lowest BCUT2D eigenvalue weighted by atomic mass is 10.1. The van der Waals surface area contributed by atoms with Gasteiger partial charge in [-0.3, -0.25) is 9.10 Å². The van der Waals surface area contributed by atoms with Crippen LogP contribution in [0.15, 0.2) is 47.4 Å². The summed E-state index contributed by atoms with van der Waals surface area (Å²) in [6.07, 6.45) is 0.894. The summed E-state index contributed by atoms with van der Waals surface area (Å²) in [5.74, 6) is -0.974. The quantitative estimate of drug-likeness (QED) is 0.682. The first kappa shape index (κ1) is 20.6. The molecule has 140 valence electrons. The van der Waals surface area contributed by atoms with Gasteiger partial charge < -0.3 is 5.11 Å². The number of carboxylic acids is 1. The van der Waals surface area contributed by atoms with Crippen LogP contribution in [0.3, 0.4) is 0 Å². The van der Waals surface area contributed by atoms with Crippen molar-refractivity contribution in [2.75, 3.05) is 10.8 Å². The molecule has 5 nitrogen and oxygen atoms in total. The van der Waals surface area contributed by atoms with Crippen LogP contribution in [0.4, 0.5) is 5.69 Å². The van der Waals surface area contributed by atoms with Crippen LogP contribution >= 0.6 is 23.2 Å². The summed E-state index contributed by atoms with van der Waals surface area (Å²) in [6, 6.07) is 11.2. The molecule has 0 fully saturated rings. The third-order valence-corrected chi connectivity index (χ3v) is 6.43. The van der Waals surface area contributed by atoms with Gasteiger partial charge in [0.25, 0.3) is 10.0 Å². The second kappa shape index (κ2) is 8.75. The summed E-state index contributed by atoms with van der Waals surface area (Å²) in [4.78, 5) is 10.8. The van der Waals surface area contributed by atoms with Crippen LogP contribution in [-0.2, 0) is 21.2 Å². The van der Waals surface area contributed by atoms with E-state index in [1.165, 1.54) is 22.5 Å². The summed E-state index contributed by atoms with van der Waals surface area (Å²) >= 11 is 11.8. The Kier molecular flexibility index (Phi) is 6.92. The Morgan fingerprint density at radius 2 is 1.73 bits per heavy atom. The average Bonchev–Trinajstić information content (AvgIpc) is 2.60. The lowest BCUT2D eigenvalue weighted by Crippen LogP contribution is -2.32. The van der Waals surface area contributed by atoms with E-state index in [0.717, 1.165) is 12.0 Å². The van der Waals surface area contributed by atoms with E-state index in [2.05, 4.69) is 0 Å². The van der Waals surface area contributed by atoms with Crippen molar-refractivity contribution in [1.29, 1.82) is 0 Å². The van der Waals surface area contributed by atoms with Crippen molar-refractivity contribution in [1.82, 2.24) is 0 Å². The fourth-order valence-corrected chi connectivity index (χ4v) is 4.32. The Hall–Kier alpha value is -1.76. The maximum Gasteiger partial charge on any atom is 0.303 e. The molecular formula is C18H19Cl2NO4S. The Morgan fingerprint density at radius 3 is 2.27 bits per heavy atom. The lowest BCUT2D eigenvalue weighted by molar-refractivity contribution is -0.137. The second-order valence-corrected chi connectivity index (χ2v) is 8.35. The average molecular weight is 416 g/mol. The summed E-state index contributed by atoms with van der Waals surface area (Å²) in [5, 5.41) is 9.25. The first-order chi connectivity index (χ1) is 12.3. The molecule has 0 aliphatic rings. The number of aryl methyl sites for hydroxylation is 1. The van der Waals surface area contributed by atoms with Crippen molar-refractivity contribution in [3.63, 3.8) is 0 Å². The van der Waals surface area contributed by atoms with Crippen LogP contribution in [0, 0.1) is 0 Å². The van der Waals surface area contributed by atoms with Gasteiger partial charge in [0.05, 0.1) is 20.6 Å². The highest BCUT2D eigenvalue weighted by Crippen LogP contribution is 2.29. The number of hydrogen-bond acceptors (Lipinski definition) is 3. The van der Waals surface area contributed by atoms with Gasteiger partial charge in [-0.15, -0.1) is 0 Å². The molecule has 0 spiro atoms. The summed E-state index contributed by atoms with van der Waals surface area (Å²) in [6.45, 7) is 2.05. The number of halogens is 2. The Labute approximate surface area is 163 Å². The van der Waals surface area contributed by atoms with Gasteiger partial charge >= 0.3 is 5.97 Å². The van der Waals surface area contributed by atoms with E-state index in [4.69, 9.17) is 28.3 Å². The van der Waals surface area contributed by atoms with Gasteiger partial charge in [-0.25, -0.2) is 8.42 Å². The van der Waals surface area contributed by atoms with Gasteiger partial charge in [0, 0.05) is 13.0 Å². The molecule has 1 N–H and O–H groups in total. The number of carboxylic acid groups (broad SMARTS) is 1. The minimum absolute atomic E-state index is 0.00166. The van der Waals surface area contributed by atoms with E-state index in [1.54, 1.807) is 12.1 Å². The lowest BCUT2D eigenvalue weighted by Gasteiger charge is -2.25. The topological polar surface area (TPSA) is 74.7 Å². The molecule has 0 amide bonds. The monoisotopic (exact) mass is 415 g/mol. The van der Waals surface area contributed by atoms with Crippen molar-refractivity contribution in [2.45, 2.75) is 31.1 Å². The van der Waals surface area contributed by atoms with Crippen molar-refractivity contribution in [2.24, 2.45) is 0 Å². The smallest absolute Gasteiger partial charge is 0.303 e. The van der Waals surface area contributed by atoms with Crippen molar-refractivity contribution >= 4 is 44.9 Å². The molecule has 2 aromatic rings. The molecule has 0 atom stereocenters. The van der Waals surface area contributed by atoms with Crippen LogP contribution in [0.2, 0.25) is 10.0 Å². The molecule has 0 heterocycles. The maximum atomic E-state index is 13.1. The van der Waals surface area contributed by atoms with Gasteiger partial charge in [0.1, 0.15) is 0 Å². The van der Waals surface area contributed by atoms with Gasteiger partial charge in [0.2, 0.25) is 0 Å². The Morgan fingerprint density at radius 1 is 1.08 bits per heavy atom. The van der Waals surface area contributed by atoms with Crippen LogP contribution in [0.5, 0.6) is 0 Å². The van der Waals surface area contributed by atoms with Gasteiger partial charge in [-0.1, -0.05) is 42.3 Å². The molecule has 0 aliphatic heterocycles. The number of benzene rings is 2. The third kappa shape index (κ3) is 4.90.